The fourth-order valence-corrected chi connectivity index (χ4v) is 4.33. The quantitative estimate of drug-likeness (QED) is 0.313. The summed E-state index contributed by atoms with van der Waals surface area (Å²) in [5.41, 5.74) is -3.09. The Balaban J connectivity index is 2.32. The smallest absolute Gasteiger partial charge is 0.183 e. The van der Waals surface area contributed by atoms with Gasteiger partial charge in [0.15, 0.2) is 17.3 Å². The van der Waals surface area contributed by atoms with E-state index in [9.17, 15) is 34.8 Å². The summed E-state index contributed by atoms with van der Waals surface area (Å²) in [6.07, 6.45) is 2.82. The third kappa shape index (κ3) is 4.18. The molecule has 4 N–H and O–H groups in total. The Bertz CT molecular complexity index is 1270. The van der Waals surface area contributed by atoms with Crippen LogP contribution in [0.3, 0.4) is 0 Å². The third-order valence-electron chi connectivity index (χ3n) is 6.64. The monoisotopic (exact) mass is 498 g/mol. The number of aromatic hydroxyl groups is 2. The molecule has 36 heavy (non-hydrogen) atoms. The van der Waals surface area contributed by atoms with Crippen molar-refractivity contribution in [3.63, 3.8) is 0 Å². The van der Waals surface area contributed by atoms with Crippen LogP contribution in [0.5, 0.6) is 17.2 Å². The molecule has 1 aromatic carbocycles. The van der Waals surface area contributed by atoms with Gasteiger partial charge in [-0.05, 0) is 39.8 Å². The molecule has 0 unspecified atom stereocenters. The Hall–Kier alpha value is -3.55. The first-order chi connectivity index (χ1) is 16.4. The summed E-state index contributed by atoms with van der Waals surface area (Å²) in [6.45, 7) is 12.8. The van der Waals surface area contributed by atoms with E-state index in [1.807, 2.05) is 0 Å². The van der Waals surface area contributed by atoms with Crippen molar-refractivity contribution >= 4 is 23.4 Å². The van der Waals surface area contributed by atoms with Crippen LogP contribution in [0.4, 0.5) is 0 Å². The summed E-state index contributed by atoms with van der Waals surface area (Å²) in [5, 5.41) is 44.3. The number of ether oxygens (including phenoxy) is 1. The zero-order chi connectivity index (χ0) is 27.5. The number of benzene rings is 1. The van der Waals surface area contributed by atoms with E-state index in [0.29, 0.717) is 0 Å². The molecule has 0 spiro atoms. The molecule has 0 atom stereocenters. The average molecular weight is 499 g/mol. The van der Waals surface area contributed by atoms with Crippen LogP contribution in [0, 0.1) is 17.3 Å². The molecule has 194 valence electrons. The fraction of sp³-hybridized carbons (Fsp3) is 0.464. The Labute approximate surface area is 210 Å². The van der Waals surface area contributed by atoms with E-state index in [4.69, 9.17) is 4.74 Å². The number of carbonyl (C=O) groups is 3. The molecule has 8 heteroatoms. The first-order valence-electron chi connectivity index (χ1n) is 11.9. The van der Waals surface area contributed by atoms with Gasteiger partial charge in [-0.2, -0.15) is 0 Å². The number of aliphatic hydroxyl groups is 2. The number of ketones is 3. The molecule has 2 aliphatic rings. The molecule has 0 radical (unpaired) electrons. The van der Waals surface area contributed by atoms with Crippen LogP contribution in [-0.2, 0) is 16.0 Å². The maximum atomic E-state index is 13.1. The highest BCUT2D eigenvalue weighted by atomic mass is 16.5. The Morgan fingerprint density at radius 2 is 1.47 bits per heavy atom. The summed E-state index contributed by atoms with van der Waals surface area (Å²) >= 11 is 0. The lowest BCUT2D eigenvalue weighted by atomic mass is 9.72. The highest BCUT2D eigenvalue weighted by Gasteiger charge is 2.46. The second-order valence-corrected chi connectivity index (χ2v) is 11.1. The maximum Gasteiger partial charge on any atom is 0.183 e. The number of phenols is 2. The summed E-state index contributed by atoms with van der Waals surface area (Å²) in [7, 11) is 0. The first-order valence-corrected chi connectivity index (χ1v) is 11.9. The number of fused-ring (bicyclic) bond motifs is 1. The number of hydrogen-bond donors (Lipinski definition) is 4. The first kappa shape index (κ1) is 27.0. The van der Waals surface area contributed by atoms with Gasteiger partial charge in [-0.1, -0.05) is 27.7 Å². The van der Waals surface area contributed by atoms with Crippen molar-refractivity contribution < 1.29 is 39.5 Å². The summed E-state index contributed by atoms with van der Waals surface area (Å²) < 4.78 is 5.96. The van der Waals surface area contributed by atoms with Gasteiger partial charge in [0.2, 0.25) is 0 Å². The minimum atomic E-state index is -1.54. The van der Waals surface area contributed by atoms with Crippen LogP contribution >= 0.6 is 0 Å². The van der Waals surface area contributed by atoms with Gasteiger partial charge >= 0.3 is 0 Å². The van der Waals surface area contributed by atoms with E-state index in [0.717, 1.165) is 0 Å². The molecular weight excluding hydrogens is 464 g/mol. The SMILES string of the molecule is CC(C)C(=O)C1=C(O)C(Cc2c(O)c3c(c(C(=O)C(C)C)c2O)OC(C)(C)C=C3)=C(O)C(C)(C)C1=O. The summed E-state index contributed by atoms with van der Waals surface area (Å²) in [6, 6.07) is 0. The summed E-state index contributed by atoms with van der Waals surface area (Å²) in [4.78, 5) is 39.0. The predicted octanol–water partition coefficient (Wildman–Crippen LogP) is 5.12. The highest BCUT2D eigenvalue weighted by Crippen LogP contribution is 2.50. The summed E-state index contributed by atoms with van der Waals surface area (Å²) in [5.74, 6) is -5.01. The van der Waals surface area contributed by atoms with Crippen LogP contribution in [0.1, 0.15) is 76.9 Å². The van der Waals surface area contributed by atoms with E-state index in [1.165, 1.54) is 13.8 Å². The minimum Gasteiger partial charge on any atom is -0.511 e. The van der Waals surface area contributed by atoms with E-state index < -0.39 is 75.2 Å². The molecule has 1 heterocycles. The van der Waals surface area contributed by atoms with E-state index >= 15 is 0 Å². The van der Waals surface area contributed by atoms with Crippen molar-refractivity contribution in [3.05, 3.63) is 45.4 Å². The lowest BCUT2D eigenvalue weighted by Gasteiger charge is -2.33. The van der Waals surface area contributed by atoms with Crippen molar-refractivity contribution in [1.82, 2.24) is 0 Å². The van der Waals surface area contributed by atoms with Crippen LogP contribution in [0.25, 0.3) is 6.08 Å². The molecule has 0 fully saturated rings. The topological polar surface area (TPSA) is 141 Å². The minimum absolute atomic E-state index is 0.0349. The zero-order valence-corrected chi connectivity index (χ0v) is 21.9. The molecule has 1 aliphatic carbocycles. The molecular formula is C28H34O8. The van der Waals surface area contributed by atoms with Gasteiger partial charge in [0.1, 0.15) is 45.5 Å². The molecule has 8 nitrogen and oxygen atoms in total. The second-order valence-electron chi connectivity index (χ2n) is 11.1. The number of allylic oxidation sites excluding steroid dienone is 3. The molecule has 1 aliphatic heterocycles. The van der Waals surface area contributed by atoms with Gasteiger partial charge in [-0.25, -0.2) is 0 Å². The standard InChI is InChI=1S/C28H34O8/c1-12(2)19(29)17-22(32)15(21(31)14-9-10-27(5,6)36-24(14)17)11-16-23(33)18(20(30)13(3)4)26(35)28(7,8)25(16)34/h9-10,12-13,31-34H,11H2,1-8H3. The van der Waals surface area contributed by atoms with Crippen molar-refractivity contribution in [2.75, 3.05) is 0 Å². The van der Waals surface area contributed by atoms with Gasteiger partial charge in [0.25, 0.3) is 0 Å². The van der Waals surface area contributed by atoms with Crippen molar-refractivity contribution in [3.8, 4) is 17.2 Å². The number of hydrogen-bond acceptors (Lipinski definition) is 8. The largest absolute Gasteiger partial charge is 0.511 e. The maximum absolute atomic E-state index is 13.1. The van der Waals surface area contributed by atoms with Crippen LogP contribution in [0.2, 0.25) is 0 Å². The number of Topliss-reactive ketones (excluding diaryl/α,β-unsaturated/α-hetero) is 3. The number of rotatable bonds is 6. The zero-order valence-electron chi connectivity index (χ0n) is 21.9. The van der Waals surface area contributed by atoms with E-state index in [1.54, 1.807) is 53.7 Å². The van der Waals surface area contributed by atoms with Crippen molar-refractivity contribution in [2.45, 2.75) is 67.4 Å². The molecule has 0 aromatic heterocycles. The second kappa shape index (κ2) is 8.84. The average Bonchev–Trinajstić information content (AvgIpc) is 2.76. The van der Waals surface area contributed by atoms with Crippen molar-refractivity contribution in [2.24, 2.45) is 17.3 Å². The van der Waals surface area contributed by atoms with Crippen LogP contribution in [0.15, 0.2) is 28.7 Å². The molecule has 3 rings (SSSR count). The predicted molar refractivity (Wildman–Crippen MR) is 134 cm³/mol. The number of phenolic OH excluding ortho intramolecular Hbond substituents is 2. The Kier molecular flexibility index (Phi) is 6.64. The number of aliphatic hydroxyl groups excluding tert-OH is 2. The highest BCUT2D eigenvalue weighted by molar-refractivity contribution is 6.24. The number of carbonyl (C=O) groups excluding carboxylic acids is 3. The Morgan fingerprint density at radius 3 is 2.00 bits per heavy atom. The third-order valence-corrected chi connectivity index (χ3v) is 6.64. The van der Waals surface area contributed by atoms with Gasteiger partial charge in [-0.3, -0.25) is 14.4 Å². The Morgan fingerprint density at radius 1 is 0.917 bits per heavy atom. The lowest BCUT2D eigenvalue weighted by Crippen LogP contribution is -2.37. The van der Waals surface area contributed by atoms with Gasteiger partial charge < -0.3 is 25.2 Å². The molecule has 0 saturated heterocycles. The fourth-order valence-electron chi connectivity index (χ4n) is 4.33. The van der Waals surface area contributed by atoms with Crippen molar-refractivity contribution in [1.29, 1.82) is 0 Å². The normalized spacial score (nSPS) is 18.6. The van der Waals surface area contributed by atoms with Crippen LogP contribution in [-0.4, -0.2) is 43.4 Å². The van der Waals surface area contributed by atoms with Gasteiger partial charge in [0.05, 0.1) is 11.0 Å². The van der Waals surface area contributed by atoms with Gasteiger partial charge in [-0.15, -0.1) is 0 Å². The van der Waals surface area contributed by atoms with Crippen LogP contribution < -0.4 is 4.74 Å². The molecule has 1 aromatic rings. The van der Waals surface area contributed by atoms with E-state index in [2.05, 4.69) is 0 Å². The molecule has 0 amide bonds. The van der Waals surface area contributed by atoms with E-state index in [-0.39, 0.29) is 28.0 Å². The molecule has 0 bridgehead atoms. The lowest BCUT2D eigenvalue weighted by molar-refractivity contribution is -0.128. The van der Waals surface area contributed by atoms with Gasteiger partial charge in [0, 0.05) is 29.4 Å². The molecule has 0 saturated carbocycles.